The van der Waals surface area contributed by atoms with Gasteiger partial charge in [-0.05, 0) is 48.3 Å². The summed E-state index contributed by atoms with van der Waals surface area (Å²) in [6.45, 7) is 0. The van der Waals surface area contributed by atoms with E-state index in [1.54, 1.807) is 0 Å². The number of hydrogen-bond acceptors (Lipinski definition) is 2. The van der Waals surface area contributed by atoms with Gasteiger partial charge in [-0.2, -0.15) is 5.10 Å². The number of nitrogens with two attached hydrogens (primary N) is 1. The molecule has 0 saturated carbocycles. The van der Waals surface area contributed by atoms with Crippen molar-refractivity contribution in [2.24, 2.45) is 12.8 Å². The molecular weight excluding hydrogens is 234 g/mol. The number of hydrogen-bond donors (Lipinski definition) is 1. The summed E-state index contributed by atoms with van der Waals surface area (Å²) in [5, 5.41) is 4.22. The van der Waals surface area contributed by atoms with Crippen LogP contribution in [0.3, 0.4) is 0 Å². The van der Waals surface area contributed by atoms with Gasteiger partial charge in [0.1, 0.15) is 0 Å². The van der Waals surface area contributed by atoms with E-state index in [2.05, 4.69) is 35.6 Å². The molecule has 3 rings (SSSR count). The van der Waals surface area contributed by atoms with Gasteiger partial charge in [0.05, 0.1) is 6.20 Å². The molecule has 0 saturated heterocycles. The fraction of sp³-hybridized carbons (Fsp3) is 0.438. The summed E-state index contributed by atoms with van der Waals surface area (Å²) in [4.78, 5) is 0. The molecule has 0 amide bonds. The van der Waals surface area contributed by atoms with Gasteiger partial charge in [-0.1, -0.05) is 24.3 Å². The summed E-state index contributed by atoms with van der Waals surface area (Å²) in [6, 6.07) is 8.95. The Morgan fingerprint density at radius 1 is 1.42 bits per heavy atom. The van der Waals surface area contributed by atoms with E-state index in [-0.39, 0.29) is 6.04 Å². The van der Waals surface area contributed by atoms with E-state index in [4.69, 9.17) is 5.73 Å². The predicted molar refractivity (Wildman–Crippen MR) is 77.0 cm³/mol. The van der Waals surface area contributed by atoms with E-state index in [1.165, 1.54) is 36.0 Å². The van der Waals surface area contributed by atoms with Crippen LogP contribution in [0, 0.1) is 0 Å². The zero-order valence-corrected chi connectivity index (χ0v) is 11.4. The largest absolute Gasteiger partial charge is 0.327 e. The van der Waals surface area contributed by atoms with Crippen molar-refractivity contribution in [3.63, 3.8) is 0 Å². The number of fused-ring (bicyclic) bond motifs is 1. The molecule has 1 heterocycles. The molecule has 19 heavy (non-hydrogen) atoms. The Bertz CT molecular complexity index is 559. The Labute approximate surface area is 114 Å². The molecule has 1 aliphatic carbocycles. The summed E-state index contributed by atoms with van der Waals surface area (Å²) >= 11 is 0. The lowest BCUT2D eigenvalue weighted by atomic mass is 9.77. The average molecular weight is 255 g/mol. The molecule has 1 aromatic heterocycles. The Kier molecular flexibility index (Phi) is 3.38. The first-order valence-corrected chi connectivity index (χ1v) is 7.05. The van der Waals surface area contributed by atoms with Gasteiger partial charge in [0.15, 0.2) is 0 Å². The third-order valence-electron chi connectivity index (χ3n) is 4.16. The molecule has 0 bridgehead atoms. The van der Waals surface area contributed by atoms with Crippen molar-refractivity contribution < 1.29 is 0 Å². The minimum Gasteiger partial charge on any atom is -0.327 e. The minimum atomic E-state index is 0.186. The Morgan fingerprint density at radius 2 is 2.26 bits per heavy atom. The Morgan fingerprint density at radius 3 is 3.05 bits per heavy atom. The lowest BCUT2D eigenvalue weighted by molar-refractivity contribution is 0.460. The fourth-order valence-electron chi connectivity index (χ4n) is 3.23. The first-order valence-electron chi connectivity index (χ1n) is 7.05. The summed E-state index contributed by atoms with van der Waals surface area (Å²) in [6.07, 6.45) is 8.56. The maximum atomic E-state index is 6.47. The van der Waals surface area contributed by atoms with Gasteiger partial charge in [-0.15, -0.1) is 0 Å². The highest BCUT2D eigenvalue weighted by Crippen LogP contribution is 2.34. The average Bonchev–Trinajstić information content (AvgIpc) is 2.83. The zero-order valence-electron chi connectivity index (χ0n) is 11.4. The second-order valence-corrected chi connectivity index (χ2v) is 5.59. The third kappa shape index (κ3) is 2.56. The van der Waals surface area contributed by atoms with Crippen LogP contribution in [0.1, 0.15) is 35.4 Å². The van der Waals surface area contributed by atoms with Crippen LogP contribution < -0.4 is 5.73 Å². The first kappa shape index (κ1) is 12.4. The van der Waals surface area contributed by atoms with Crippen LogP contribution >= 0.6 is 0 Å². The minimum absolute atomic E-state index is 0.186. The summed E-state index contributed by atoms with van der Waals surface area (Å²) < 4.78 is 1.84. The highest BCUT2D eigenvalue weighted by molar-refractivity contribution is 5.34. The van der Waals surface area contributed by atoms with Crippen LogP contribution in [0.4, 0.5) is 0 Å². The SMILES string of the molecule is Cn1cc(CC(N)C2CCCc3ccccc32)cn1. The normalized spacial score (nSPS) is 20.0. The van der Waals surface area contributed by atoms with Gasteiger partial charge in [0.25, 0.3) is 0 Å². The molecule has 3 heteroatoms. The summed E-state index contributed by atoms with van der Waals surface area (Å²) in [5.41, 5.74) is 10.7. The van der Waals surface area contributed by atoms with Crippen LogP contribution in [0.15, 0.2) is 36.7 Å². The number of benzene rings is 1. The van der Waals surface area contributed by atoms with E-state index >= 15 is 0 Å². The van der Waals surface area contributed by atoms with Crippen LogP contribution in [-0.2, 0) is 19.9 Å². The van der Waals surface area contributed by atoms with Crippen molar-refractivity contribution in [2.45, 2.75) is 37.6 Å². The van der Waals surface area contributed by atoms with Crippen molar-refractivity contribution in [3.8, 4) is 0 Å². The van der Waals surface area contributed by atoms with Crippen LogP contribution in [0.2, 0.25) is 0 Å². The third-order valence-corrected chi connectivity index (χ3v) is 4.16. The molecule has 3 nitrogen and oxygen atoms in total. The lowest BCUT2D eigenvalue weighted by Crippen LogP contribution is -2.32. The van der Waals surface area contributed by atoms with Gasteiger partial charge in [-0.25, -0.2) is 0 Å². The number of rotatable bonds is 3. The molecule has 0 aliphatic heterocycles. The quantitative estimate of drug-likeness (QED) is 0.915. The first-order chi connectivity index (χ1) is 9.24. The Hall–Kier alpha value is -1.61. The van der Waals surface area contributed by atoms with Gasteiger partial charge in [0, 0.05) is 19.3 Å². The molecule has 2 N–H and O–H groups in total. The maximum absolute atomic E-state index is 6.47. The molecular formula is C16H21N3. The lowest BCUT2D eigenvalue weighted by Gasteiger charge is -2.30. The van der Waals surface area contributed by atoms with E-state index < -0.39 is 0 Å². The van der Waals surface area contributed by atoms with Gasteiger partial charge in [-0.3, -0.25) is 4.68 Å². The second-order valence-electron chi connectivity index (χ2n) is 5.59. The van der Waals surface area contributed by atoms with E-state index in [9.17, 15) is 0 Å². The topological polar surface area (TPSA) is 43.8 Å². The number of nitrogens with zero attached hydrogens (tertiary/aromatic N) is 2. The highest BCUT2D eigenvalue weighted by Gasteiger charge is 2.25. The molecule has 2 atom stereocenters. The smallest absolute Gasteiger partial charge is 0.0522 e. The molecule has 0 spiro atoms. The number of aryl methyl sites for hydroxylation is 2. The molecule has 0 radical (unpaired) electrons. The summed E-state index contributed by atoms with van der Waals surface area (Å²) in [5.74, 6) is 0.491. The molecule has 0 fully saturated rings. The van der Waals surface area contributed by atoms with Crippen LogP contribution in [-0.4, -0.2) is 15.8 Å². The fourth-order valence-corrected chi connectivity index (χ4v) is 3.23. The number of aromatic nitrogens is 2. The van der Waals surface area contributed by atoms with E-state index in [1.807, 2.05) is 17.9 Å². The highest BCUT2D eigenvalue weighted by atomic mass is 15.2. The van der Waals surface area contributed by atoms with Crippen molar-refractivity contribution in [1.29, 1.82) is 0 Å². The molecule has 2 unspecified atom stereocenters. The maximum Gasteiger partial charge on any atom is 0.0522 e. The standard InChI is InChI=1S/C16H21N3/c1-19-11-12(10-18-19)9-16(17)15-8-4-6-13-5-2-3-7-14(13)15/h2-3,5,7,10-11,15-16H,4,6,8-9,17H2,1H3. The van der Waals surface area contributed by atoms with Gasteiger partial charge < -0.3 is 5.73 Å². The molecule has 100 valence electrons. The summed E-state index contributed by atoms with van der Waals surface area (Å²) in [7, 11) is 1.95. The monoisotopic (exact) mass is 255 g/mol. The molecule has 1 aliphatic rings. The molecule has 2 aromatic rings. The van der Waals surface area contributed by atoms with Crippen molar-refractivity contribution in [2.75, 3.05) is 0 Å². The van der Waals surface area contributed by atoms with E-state index in [0.717, 1.165) is 6.42 Å². The van der Waals surface area contributed by atoms with E-state index in [0.29, 0.717) is 5.92 Å². The Balaban J connectivity index is 1.79. The van der Waals surface area contributed by atoms with Crippen molar-refractivity contribution in [3.05, 3.63) is 53.3 Å². The molecule has 1 aromatic carbocycles. The zero-order chi connectivity index (χ0) is 13.2. The van der Waals surface area contributed by atoms with Crippen molar-refractivity contribution >= 4 is 0 Å². The van der Waals surface area contributed by atoms with Crippen LogP contribution in [0.25, 0.3) is 0 Å². The van der Waals surface area contributed by atoms with Crippen molar-refractivity contribution in [1.82, 2.24) is 9.78 Å². The van der Waals surface area contributed by atoms with Gasteiger partial charge in [0.2, 0.25) is 0 Å². The second kappa shape index (κ2) is 5.17. The predicted octanol–water partition coefficient (Wildman–Crippen LogP) is 2.41. The van der Waals surface area contributed by atoms with Gasteiger partial charge >= 0.3 is 0 Å². The van der Waals surface area contributed by atoms with Crippen LogP contribution in [0.5, 0.6) is 0 Å².